The summed E-state index contributed by atoms with van der Waals surface area (Å²) in [6, 6.07) is 6.97. The molecule has 0 N–H and O–H groups in total. The van der Waals surface area contributed by atoms with Crippen LogP contribution in [0.3, 0.4) is 0 Å². The van der Waals surface area contributed by atoms with Gasteiger partial charge in [0.25, 0.3) is 0 Å². The van der Waals surface area contributed by atoms with Crippen LogP contribution < -0.4 is 9.64 Å². The van der Waals surface area contributed by atoms with Gasteiger partial charge < -0.3 is 14.2 Å². The molecule has 0 unspecified atom stereocenters. The van der Waals surface area contributed by atoms with Gasteiger partial charge >= 0.3 is 0 Å². The topological polar surface area (TPSA) is 82.5 Å². The van der Waals surface area contributed by atoms with Crippen molar-refractivity contribution >= 4 is 41.4 Å². The lowest BCUT2D eigenvalue weighted by Gasteiger charge is -2.22. The molecular weight excluding hydrogens is 466 g/mol. The van der Waals surface area contributed by atoms with E-state index in [4.69, 9.17) is 19.2 Å². The molecule has 3 aromatic rings. The molecule has 4 rings (SSSR count). The highest BCUT2D eigenvalue weighted by Crippen LogP contribution is 2.38. The molecule has 1 saturated carbocycles. The molecule has 3 aromatic heterocycles. The first-order valence-electron chi connectivity index (χ1n) is 12.0. The Morgan fingerprint density at radius 3 is 2.65 bits per heavy atom. The van der Waals surface area contributed by atoms with Gasteiger partial charge in [-0.1, -0.05) is 43.8 Å². The van der Waals surface area contributed by atoms with Crippen molar-refractivity contribution in [2.24, 2.45) is 0 Å². The first-order chi connectivity index (χ1) is 16.4. The number of anilines is 2. The first kappa shape index (κ1) is 25.0. The summed E-state index contributed by atoms with van der Waals surface area (Å²) in [4.78, 5) is 11.4. The Morgan fingerprint density at radius 2 is 1.88 bits per heavy atom. The van der Waals surface area contributed by atoms with Crippen LogP contribution in [0.5, 0.6) is 5.75 Å². The van der Waals surface area contributed by atoms with Crippen molar-refractivity contribution in [3.8, 4) is 5.75 Å². The van der Waals surface area contributed by atoms with E-state index in [1.165, 1.54) is 25.7 Å². The maximum Gasteiger partial charge on any atom is 0.215 e. The van der Waals surface area contributed by atoms with Gasteiger partial charge in [-0.3, -0.25) is 9.88 Å². The summed E-state index contributed by atoms with van der Waals surface area (Å²) in [7, 11) is 0.481. The van der Waals surface area contributed by atoms with Crippen LogP contribution in [0.15, 0.2) is 24.4 Å². The van der Waals surface area contributed by atoms with Crippen molar-refractivity contribution in [3.63, 3.8) is 0 Å². The van der Waals surface area contributed by atoms with Gasteiger partial charge in [-0.05, 0) is 31.0 Å². The fourth-order valence-corrected chi connectivity index (χ4v) is 5.64. The molecule has 0 saturated heterocycles. The van der Waals surface area contributed by atoms with Crippen molar-refractivity contribution in [1.82, 2.24) is 20.2 Å². The molecule has 1 aliphatic rings. The average molecular weight is 502 g/mol. The number of aromatic nitrogens is 4. The van der Waals surface area contributed by atoms with E-state index in [0.717, 1.165) is 39.6 Å². The van der Waals surface area contributed by atoms with Gasteiger partial charge in [-0.2, -0.15) is 0 Å². The van der Waals surface area contributed by atoms with E-state index in [-0.39, 0.29) is 0 Å². The molecule has 8 nitrogen and oxygen atoms in total. The molecule has 0 aromatic carbocycles. The Labute approximate surface area is 206 Å². The minimum absolute atomic E-state index is 0.389. The van der Waals surface area contributed by atoms with Crippen LogP contribution in [-0.4, -0.2) is 61.9 Å². The zero-order valence-electron chi connectivity index (χ0n) is 20.6. The van der Waals surface area contributed by atoms with Gasteiger partial charge in [0.1, 0.15) is 29.9 Å². The van der Waals surface area contributed by atoms with Gasteiger partial charge in [0.15, 0.2) is 0 Å². The number of methoxy groups -OCH3 is 1. The Morgan fingerprint density at radius 1 is 1.06 bits per heavy atom. The largest absolute Gasteiger partial charge is 0.489 e. The summed E-state index contributed by atoms with van der Waals surface area (Å²) >= 11 is 1.66. The third-order valence-corrected chi connectivity index (χ3v) is 8.73. The Hall–Kier alpha value is -2.14. The number of hydrogen-bond donors (Lipinski definition) is 0. The number of nitrogens with zero attached hydrogens (tertiary/aromatic N) is 5. The third-order valence-electron chi connectivity index (χ3n) is 5.91. The number of pyridine rings is 2. The fourth-order valence-electron chi connectivity index (χ4n) is 3.88. The first-order valence-corrected chi connectivity index (χ1v) is 16.5. The van der Waals surface area contributed by atoms with E-state index < -0.39 is 8.07 Å². The molecular formula is C24H35N5O3SSi. The Balaban J connectivity index is 1.57. The van der Waals surface area contributed by atoms with Crippen LogP contribution in [0.1, 0.15) is 36.6 Å². The highest BCUT2D eigenvalue weighted by molar-refractivity contribution is 7.15. The van der Waals surface area contributed by atoms with Crippen LogP contribution >= 0.6 is 11.3 Å². The fraction of sp³-hybridized carbons (Fsp3) is 0.583. The highest BCUT2D eigenvalue weighted by atomic mass is 32.1. The maximum absolute atomic E-state index is 6.12. The molecule has 1 fully saturated rings. The van der Waals surface area contributed by atoms with Crippen molar-refractivity contribution in [2.45, 2.75) is 57.3 Å². The van der Waals surface area contributed by atoms with E-state index in [0.29, 0.717) is 31.6 Å². The molecule has 3 heterocycles. The van der Waals surface area contributed by atoms with Crippen molar-refractivity contribution in [1.29, 1.82) is 0 Å². The van der Waals surface area contributed by atoms with Crippen LogP contribution in [-0.2, 0) is 9.47 Å². The number of fused-ring (bicyclic) bond motifs is 1. The highest BCUT2D eigenvalue weighted by Gasteiger charge is 2.24. The molecule has 0 aliphatic heterocycles. The minimum Gasteiger partial charge on any atom is -0.489 e. The summed E-state index contributed by atoms with van der Waals surface area (Å²) in [6.07, 6.45) is 6.67. The van der Waals surface area contributed by atoms with E-state index >= 15 is 0 Å². The SMILES string of the molecule is COCCOc1cnc2ccc(N(COCC[Si](C)(C)C)c3nnc(C4CCCC4)s3)nc2c1. The summed E-state index contributed by atoms with van der Waals surface area (Å²) in [5.41, 5.74) is 1.58. The van der Waals surface area contributed by atoms with Gasteiger partial charge in [0.2, 0.25) is 5.13 Å². The molecule has 34 heavy (non-hydrogen) atoms. The molecule has 0 spiro atoms. The number of rotatable bonds is 12. The van der Waals surface area contributed by atoms with Crippen LogP contribution in [0, 0.1) is 0 Å². The van der Waals surface area contributed by atoms with E-state index in [1.807, 2.05) is 23.1 Å². The molecule has 184 valence electrons. The minimum atomic E-state index is -1.17. The molecule has 10 heteroatoms. The Bertz CT molecular complexity index is 1070. The van der Waals surface area contributed by atoms with Gasteiger partial charge in [-0.25, -0.2) is 4.98 Å². The Kier molecular flexibility index (Phi) is 8.46. The lowest BCUT2D eigenvalue weighted by Crippen LogP contribution is -2.26. The van der Waals surface area contributed by atoms with E-state index in [9.17, 15) is 0 Å². The number of ether oxygens (including phenoxy) is 3. The normalized spacial score (nSPS) is 14.7. The van der Waals surface area contributed by atoms with Crippen LogP contribution in [0.25, 0.3) is 11.0 Å². The zero-order chi connectivity index (χ0) is 24.0. The monoisotopic (exact) mass is 501 g/mol. The summed E-state index contributed by atoms with van der Waals surface area (Å²) in [6.45, 7) is 9.18. The smallest absolute Gasteiger partial charge is 0.215 e. The lowest BCUT2D eigenvalue weighted by atomic mass is 10.1. The maximum atomic E-state index is 6.12. The third kappa shape index (κ3) is 6.71. The van der Waals surface area contributed by atoms with Gasteiger partial charge in [0.05, 0.1) is 23.8 Å². The summed E-state index contributed by atoms with van der Waals surface area (Å²) in [5.74, 6) is 1.97. The van der Waals surface area contributed by atoms with Crippen molar-refractivity contribution in [3.05, 3.63) is 29.4 Å². The number of hydrogen-bond acceptors (Lipinski definition) is 9. The van der Waals surface area contributed by atoms with Gasteiger partial charge in [-0.15, -0.1) is 10.2 Å². The second-order valence-corrected chi connectivity index (χ2v) is 16.5. The second-order valence-electron chi connectivity index (χ2n) is 9.90. The lowest BCUT2D eigenvalue weighted by molar-refractivity contribution is 0.146. The molecule has 0 amide bonds. The predicted octanol–water partition coefficient (Wildman–Crippen LogP) is 5.61. The van der Waals surface area contributed by atoms with Crippen molar-refractivity contribution in [2.75, 3.05) is 38.6 Å². The van der Waals surface area contributed by atoms with Gasteiger partial charge in [0, 0.05) is 33.8 Å². The molecule has 0 atom stereocenters. The summed E-state index contributed by atoms with van der Waals surface area (Å²) < 4.78 is 16.9. The average Bonchev–Trinajstić information content (AvgIpc) is 3.50. The van der Waals surface area contributed by atoms with Crippen molar-refractivity contribution < 1.29 is 14.2 Å². The molecule has 0 bridgehead atoms. The van der Waals surface area contributed by atoms with Crippen LogP contribution in [0.4, 0.5) is 10.9 Å². The van der Waals surface area contributed by atoms with Crippen LogP contribution in [0.2, 0.25) is 25.7 Å². The molecule has 0 radical (unpaired) electrons. The predicted molar refractivity (Wildman–Crippen MR) is 139 cm³/mol. The quantitative estimate of drug-likeness (QED) is 0.180. The van der Waals surface area contributed by atoms with E-state index in [1.54, 1.807) is 24.6 Å². The molecule has 1 aliphatic carbocycles. The zero-order valence-corrected chi connectivity index (χ0v) is 22.4. The summed E-state index contributed by atoms with van der Waals surface area (Å²) in [5, 5.41) is 11.0. The van der Waals surface area contributed by atoms with E-state index in [2.05, 4.69) is 34.8 Å². The second kappa shape index (κ2) is 11.5. The standard InChI is InChI=1S/C24H35N5O3SSi/c1-30-11-12-32-19-15-21-20(25-16-19)9-10-22(26-21)29(17-31-13-14-34(2,3)4)24-28-27-23(33-24)18-7-5-6-8-18/h9-10,15-16,18H,5-8,11-14,17H2,1-4H3.